The minimum atomic E-state index is 0.301. The largest absolute Gasteiger partial charge is 0.327 e. The molecule has 104 valence electrons. The van der Waals surface area contributed by atoms with E-state index in [2.05, 4.69) is 52.1 Å². The van der Waals surface area contributed by atoms with Crippen molar-refractivity contribution in [1.29, 1.82) is 0 Å². The Morgan fingerprint density at radius 2 is 1.89 bits per heavy atom. The van der Waals surface area contributed by atoms with E-state index in [1.54, 1.807) is 0 Å². The van der Waals surface area contributed by atoms with E-state index < -0.39 is 0 Å². The van der Waals surface area contributed by atoms with Crippen LogP contribution in [0.1, 0.15) is 31.2 Å². The molecule has 0 saturated carbocycles. The van der Waals surface area contributed by atoms with Gasteiger partial charge in [0.15, 0.2) is 0 Å². The molecule has 0 aliphatic carbocycles. The third-order valence-electron chi connectivity index (χ3n) is 5.15. The van der Waals surface area contributed by atoms with Crippen LogP contribution >= 0.6 is 15.9 Å². The highest BCUT2D eigenvalue weighted by Crippen LogP contribution is 2.39. The van der Waals surface area contributed by atoms with Gasteiger partial charge >= 0.3 is 0 Å². The second-order valence-electron chi connectivity index (χ2n) is 6.24. The fraction of sp³-hybridized carbons (Fsp3) is 0.625. The van der Waals surface area contributed by atoms with Crippen molar-refractivity contribution < 1.29 is 0 Å². The van der Waals surface area contributed by atoms with Gasteiger partial charge in [-0.1, -0.05) is 34.1 Å². The van der Waals surface area contributed by atoms with E-state index in [1.165, 1.54) is 35.7 Å². The summed E-state index contributed by atoms with van der Waals surface area (Å²) in [6, 6.07) is 10.3. The predicted molar refractivity (Wildman–Crippen MR) is 83.1 cm³/mol. The van der Waals surface area contributed by atoms with E-state index in [-0.39, 0.29) is 0 Å². The van der Waals surface area contributed by atoms with Crippen LogP contribution in [0.25, 0.3) is 0 Å². The first-order valence-corrected chi connectivity index (χ1v) is 8.15. The fourth-order valence-electron chi connectivity index (χ4n) is 3.89. The number of halogens is 1. The van der Waals surface area contributed by atoms with Crippen LogP contribution in [0.2, 0.25) is 0 Å². The number of fused-ring (bicyclic) bond motifs is 2. The minimum absolute atomic E-state index is 0.301. The lowest BCUT2D eigenvalue weighted by Crippen LogP contribution is -2.46. The van der Waals surface area contributed by atoms with Gasteiger partial charge in [0.05, 0.1) is 0 Å². The highest BCUT2D eigenvalue weighted by molar-refractivity contribution is 9.10. The molecule has 1 aromatic rings. The van der Waals surface area contributed by atoms with Gasteiger partial charge in [-0.05, 0) is 56.7 Å². The van der Waals surface area contributed by atoms with Crippen molar-refractivity contribution in [2.45, 2.75) is 50.2 Å². The molecule has 0 radical (unpaired) electrons. The molecular formula is C16H23BrN2. The van der Waals surface area contributed by atoms with Crippen LogP contribution in [-0.4, -0.2) is 30.1 Å². The lowest BCUT2D eigenvalue weighted by atomic mass is 9.83. The maximum absolute atomic E-state index is 6.51. The third kappa shape index (κ3) is 2.74. The number of hydrogen-bond acceptors (Lipinski definition) is 2. The average molecular weight is 323 g/mol. The molecule has 0 amide bonds. The number of nitrogens with two attached hydrogens (primary N) is 1. The van der Waals surface area contributed by atoms with Gasteiger partial charge in [0.2, 0.25) is 0 Å². The van der Waals surface area contributed by atoms with E-state index in [9.17, 15) is 0 Å². The van der Waals surface area contributed by atoms with Gasteiger partial charge in [-0.25, -0.2) is 0 Å². The molecular weight excluding hydrogens is 300 g/mol. The zero-order valence-electron chi connectivity index (χ0n) is 11.6. The van der Waals surface area contributed by atoms with Crippen LogP contribution in [0.15, 0.2) is 28.7 Å². The number of hydrogen-bond donors (Lipinski definition) is 1. The SMILES string of the molecule is CN1C2CCC1CC(C(N)Cc1ccccc1Br)C2. The molecule has 2 bridgehead atoms. The monoisotopic (exact) mass is 322 g/mol. The van der Waals surface area contributed by atoms with Crippen LogP contribution in [0.4, 0.5) is 0 Å². The molecule has 2 heterocycles. The highest BCUT2D eigenvalue weighted by atomic mass is 79.9. The van der Waals surface area contributed by atoms with E-state index >= 15 is 0 Å². The van der Waals surface area contributed by atoms with Crippen molar-refractivity contribution in [3.63, 3.8) is 0 Å². The van der Waals surface area contributed by atoms with Crippen molar-refractivity contribution >= 4 is 15.9 Å². The Kier molecular flexibility index (Phi) is 3.97. The summed E-state index contributed by atoms with van der Waals surface area (Å²) >= 11 is 3.63. The first-order chi connectivity index (χ1) is 9.15. The zero-order valence-corrected chi connectivity index (χ0v) is 13.1. The topological polar surface area (TPSA) is 29.3 Å². The van der Waals surface area contributed by atoms with Crippen LogP contribution in [0.5, 0.6) is 0 Å². The molecule has 3 heteroatoms. The Bertz CT molecular complexity index is 434. The summed E-state index contributed by atoms with van der Waals surface area (Å²) in [5.74, 6) is 0.695. The molecule has 2 aliphatic heterocycles. The molecule has 2 nitrogen and oxygen atoms in total. The van der Waals surface area contributed by atoms with Gasteiger partial charge in [0, 0.05) is 22.6 Å². The van der Waals surface area contributed by atoms with Gasteiger partial charge in [0.25, 0.3) is 0 Å². The Morgan fingerprint density at radius 3 is 2.53 bits per heavy atom. The first kappa shape index (κ1) is 13.6. The molecule has 2 saturated heterocycles. The summed E-state index contributed by atoms with van der Waals surface area (Å²) < 4.78 is 1.20. The lowest BCUT2D eigenvalue weighted by molar-refractivity contribution is 0.120. The van der Waals surface area contributed by atoms with Crippen LogP contribution in [0.3, 0.4) is 0 Å². The van der Waals surface area contributed by atoms with E-state index in [4.69, 9.17) is 5.73 Å². The van der Waals surface area contributed by atoms with Crippen LogP contribution in [-0.2, 0) is 6.42 Å². The van der Waals surface area contributed by atoms with Gasteiger partial charge in [0.1, 0.15) is 0 Å². The summed E-state index contributed by atoms with van der Waals surface area (Å²) in [4.78, 5) is 2.58. The number of piperidine rings is 1. The lowest BCUT2D eigenvalue weighted by Gasteiger charge is -2.38. The van der Waals surface area contributed by atoms with Crippen LogP contribution < -0.4 is 5.73 Å². The second kappa shape index (κ2) is 5.55. The zero-order chi connectivity index (χ0) is 13.4. The van der Waals surface area contributed by atoms with Crippen molar-refractivity contribution in [2.75, 3.05) is 7.05 Å². The highest BCUT2D eigenvalue weighted by Gasteiger charge is 2.40. The molecule has 2 N–H and O–H groups in total. The number of nitrogens with zero attached hydrogens (tertiary/aromatic N) is 1. The maximum atomic E-state index is 6.51. The van der Waals surface area contributed by atoms with Gasteiger partial charge in [-0.3, -0.25) is 0 Å². The van der Waals surface area contributed by atoms with Gasteiger partial charge in [-0.15, -0.1) is 0 Å². The maximum Gasteiger partial charge on any atom is 0.0207 e. The standard InChI is InChI=1S/C16H23BrN2/c1-19-13-6-7-14(19)9-12(8-13)16(18)10-11-4-2-3-5-15(11)17/h2-5,12-14,16H,6-10,18H2,1H3. The third-order valence-corrected chi connectivity index (χ3v) is 5.93. The quantitative estimate of drug-likeness (QED) is 0.926. The van der Waals surface area contributed by atoms with Crippen molar-refractivity contribution in [3.8, 4) is 0 Å². The normalized spacial score (nSPS) is 32.5. The molecule has 19 heavy (non-hydrogen) atoms. The summed E-state index contributed by atoms with van der Waals surface area (Å²) in [6.45, 7) is 0. The smallest absolute Gasteiger partial charge is 0.0207 e. The summed E-state index contributed by atoms with van der Waals surface area (Å²) in [5, 5.41) is 0. The number of benzene rings is 1. The predicted octanol–water partition coefficient (Wildman–Crippen LogP) is 3.19. The number of rotatable bonds is 3. The van der Waals surface area contributed by atoms with Crippen molar-refractivity contribution in [1.82, 2.24) is 4.90 Å². The molecule has 2 fully saturated rings. The minimum Gasteiger partial charge on any atom is -0.327 e. The Balaban J connectivity index is 1.65. The van der Waals surface area contributed by atoms with E-state index in [0.717, 1.165) is 18.5 Å². The molecule has 0 aromatic heterocycles. The molecule has 3 atom stereocenters. The second-order valence-corrected chi connectivity index (χ2v) is 7.10. The average Bonchev–Trinajstić information content (AvgIpc) is 2.64. The molecule has 2 aliphatic rings. The Morgan fingerprint density at radius 1 is 1.26 bits per heavy atom. The van der Waals surface area contributed by atoms with Crippen molar-refractivity contribution in [3.05, 3.63) is 34.3 Å². The Labute approximate surface area is 124 Å². The van der Waals surface area contributed by atoms with E-state index in [0.29, 0.717) is 12.0 Å². The summed E-state index contributed by atoms with van der Waals surface area (Å²) in [5.41, 5.74) is 7.86. The van der Waals surface area contributed by atoms with Gasteiger partial charge in [-0.2, -0.15) is 0 Å². The molecule has 3 unspecified atom stereocenters. The first-order valence-electron chi connectivity index (χ1n) is 7.36. The summed E-state index contributed by atoms with van der Waals surface area (Å²) in [6.07, 6.45) is 6.32. The fourth-order valence-corrected chi connectivity index (χ4v) is 4.33. The van der Waals surface area contributed by atoms with Crippen molar-refractivity contribution in [2.24, 2.45) is 11.7 Å². The Hall–Kier alpha value is -0.380. The summed E-state index contributed by atoms with van der Waals surface area (Å²) in [7, 11) is 2.29. The molecule has 3 rings (SSSR count). The molecule has 0 spiro atoms. The van der Waals surface area contributed by atoms with Gasteiger partial charge < -0.3 is 10.6 Å². The van der Waals surface area contributed by atoms with Crippen LogP contribution in [0, 0.1) is 5.92 Å². The van der Waals surface area contributed by atoms with E-state index in [1.807, 2.05) is 0 Å². The molecule has 1 aromatic carbocycles.